The molecule has 0 amide bonds. The Morgan fingerprint density at radius 1 is 1.54 bits per heavy atom. The summed E-state index contributed by atoms with van der Waals surface area (Å²) in [6.07, 6.45) is -0.873. The summed E-state index contributed by atoms with van der Waals surface area (Å²) in [5.41, 5.74) is -1.85. The Bertz CT molecular complexity index is 835. The molecular weight excluding hydrogens is 407 g/mol. The molecule has 2 aromatic heterocycles. The number of H-pyrrole nitrogens is 1. The summed E-state index contributed by atoms with van der Waals surface area (Å²) >= 11 is 4.94. The van der Waals surface area contributed by atoms with Gasteiger partial charge in [0.1, 0.15) is 12.3 Å². The number of rotatable bonds is 5. The van der Waals surface area contributed by atoms with Crippen molar-refractivity contribution in [3.8, 4) is 0 Å². The zero-order valence-electron chi connectivity index (χ0n) is 12.3. The van der Waals surface area contributed by atoms with Crippen LogP contribution in [0.2, 0.25) is 0 Å². The molecule has 0 aliphatic carbocycles. The smallest absolute Gasteiger partial charge is 0.330 e. The van der Waals surface area contributed by atoms with Crippen molar-refractivity contribution in [3.63, 3.8) is 0 Å². The quantitative estimate of drug-likeness (QED) is 0.761. The van der Waals surface area contributed by atoms with Gasteiger partial charge in [-0.1, -0.05) is 0 Å². The van der Waals surface area contributed by atoms with E-state index in [1.54, 1.807) is 0 Å². The first-order chi connectivity index (χ1) is 11.5. The molecule has 1 aliphatic heterocycles. The standard InChI is InChI=1S/C14H14BrFN2O5S/c15-7-1-2-24-11(7)6-22-9-3-12(23-10(9)5-19)18-4-8(16)13(20)17-14(18)21/h1-2,4,9-10,12,19H,3,5-6H2,(H,17,20,21)/t9?,10-,12-/m0/s1. The van der Waals surface area contributed by atoms with Crippen molar-refractivity contribution in [2.75, 3.05) is 6.61 Å². The number of thiophene rings is 1. The second-order valence-electron chi connectivity index (χ2n) is 5.23. The lowest BCUT2D eigenvalue weighted by Crippen LogP contribution is -2.34. The van der Waals surface area contributed by atoms with Crippen molar-refractivity contribution in [1.82, 2.24) is 9.55 Å². The SMILES string of the molecule is O=c1[nH]c(=O)n([C@@H]2CC(OCc3sccc3Br)[C@H](CO)O2)cc1F. The number of aromatic nitrogens is 2. The summed E-state index contributed by atoms with van der Waals surface area (Å²) in [5, 5.41) is 11.4. The molecule has 0 radical (unpaired) electrons. The average Bonchev–Trinajstić information content (AvgIpc) is 3.14. The minimum absolute atomic E-state index is 0.250. The summed E-state index contributed by atoms with van der Waals surface area (Å²) in [6.45, 7) is 0.0255. The minimum Gasteiger partial charge on any atom is -0.394 e. The lowest BCUT2D eigenvalue weighted by atomic mass is 10.2. The van der Waals surface area contributed by atoms with E-state index in [1.807, 2.05) is 16.4 Å². The fraction of sp³-hybridized carbons (Fsp3) is 0.429. The van der Waals surface area contributed by atoms with Crippen LogP contribution in [0.1, 0.15) is 17.5 Å². The molecule has 2 N–H and O–H groups in total. The topological polar surface area (TPSA) is 93.6 Å². The molecule has 3 heterocycles. The van der Waals surface area contributed by atoms with Gasteiger partial charge in [-0.3, -0.25) is 14.3 Å². The van der Waals surface area contributed by atoms with Crippen LogP contribution in [-0.4, -0.2) is 33.5 Å². The van der Waals surface area contributed by atoms with Gasteiger partial charge in [-0.05, 0) is 27.4 Å². The van der Waals surface area contributed by atoms with Crippen LogP contribution in [0.4, 0.5) is 4.39 Å². The van der Waals surface area contributed by atoms with Gasteiger partial charge in [-0.15, -0.1) is 11.3 Å². The third-order valence-corrected chi connectivity index (χ3v) is 5.61. The number of ether oxygens (including phenoxy) is 2. The predicted octanol–water partition coefficient (Wildman–Crippen LogP) is 1.36. The molecule has 10 heteroatoms. The molecule has 0 bridgehead atoms. The average molecular weight is 421 g/mol. The van der Waals surface area contributed by atoms with E-state index in [2.05, 4.69) is 15.9 Å². The first-order valence-electron chi connectivity index (χ1n) is 7.10. The Kier molecular flexibility index (Phi) is 5.30. The number of aliphatic hydroxyl groups is 1. The van der Waals surface area contributed by atoms with Gasteiger partial charge in [0, 0.05) is 15.8 Å². The minimum atomic E-state index is -1.08. The highest BCUT2D eigenvalue weighted by molar-refractivity contribution is 9.10. The fourth-order valence-electron chi connectivity index (χ4n) is 2.50. The molecule has 3 atom stereocenters. The van der Waals surface area contributed by atoms with E-state index < -0.39 is 35.5 Å². The Morgan fingerprint density at radius 2 is 2.33 bits per heavy atom. The maximum Gasteiger partial charge on any atom is 0.330 e. The molecule has 7 nitrogen and oxygen atoms in total. The molecule has 130 valence electrons. The third-order valence-electron chi connectivity index (χ3n) is 3.71. The molecule has 0 aromatic carbocycles. The summed E-state index contributed by atoms with van der Waals surface area (Å²) < 4.78 is 26.7. The lowest BCUT2D eigenvalue weighted by Gasteiger charge is -2.16. The highest BCUT2D eigenvalue weighted by atomic mass is 79.9. The lowest BCUT2D eigenvalue weighted by molar-refractivity contribution is -0.0656. The maximum atomic E-state index is 13.4. The molecule has 1 unspecified atom stereocenters. The van der Waals surface area contributed by atoms with Crippen molar-refractivity contribution >= 4 is 27.3 Å². The fourth-order valence-corrected chi connectivity index (χ4v) is 3.88. The molecule has 2 aromatic rings. The molecule has 24 heavy (non-hydrogen) atoms. The van der Waals surface area contributed by atoms with Crippen LogP contribution >= 0.6 is 27.3 Å². The van der Waals surface area contributed by atoms with E-state index in [4.69, 9.17) is 9.47 Å². The summed E-state index contributed by atoms with van der Waals surface area (Å²) in [7, 11) is 0. The summed E-state index contributed by atoms with van der Waals surface area (Å²) in [4.78, 5) is 25.8. The van der Waals surface area contributed by atoms with Crippen molar-refractivity contribution in [2.24, 2.45) is 0 Å². The molecule has 1 aliphatic rings. The van der Waals surface area contributed by atoms with Gasteiger partial charge in [0.15, 0.2) is 0 Å². The molecule has 1 saturated heterocycles. The Morgan fingerprint density at radius 3 is 3.00 bits per heavy atom. The monoisotopic (exact) mass is 420 g/mol. The number of hydrogen-bond donors (Lipinski definition) is 2. The first-order valence-corrected chi connectivity index (χ1v) is 8.77. The van der Waals surface area contributed by atoms with Gasteiger partial charge in [0.05, 0.1) is 25.5 Å². The summed E-state index contributed by atoms with van der Waals surface area (Å²) in [5.74, 6) is -1.08. The van der Waals surface area contributed by atoms with Crippen LogP contribution in [0.3, 0.4) is 0 Å². The van der Waals surface area contributed by atoms with Crippen LogP contribution in [-0.2, 0) is 16.1 Å². The molecule has 0 spiro atoms. The predicted molar refractivity (Wildman–Crippen MR) is 87.5 cm³/mol. The maximum absolute atomic E-state index is 13.4. The Balaban J connectivity index is 1.74. The van der Waals surface area contributed by atoms with Crippen molar-refractivity contribution in [1.29, 1.82) is 0 Å². The second-order valence-corrected chi connectivity index (χ2v) is 7.09. The summed E-state index contributed by atoms with van der Waals surface area (Å²) in [6, 6.07) is 1.91. The number of nitrogens with one attached hydrogen (secondary N) is 1. The van der Waals surface area contributed by atoms with Crippen molar-refractivity contribution < 1.29 is 19.0 Å². The molecule has 3 rings (SSSR count). The van der Waals surface area contributed by atoms with Crippen LogP contribution in [0, 0.1) is 5.82 Å². The van der Waals surface area contributed by atoms with E-state index in [-0.39, 0.29) is 13.0 Å². The third kappa shape index (κ3) is 3.52. The zero-order chi connectivity index (χ0) is 17.3. The number of nitrogens with zero attached hydrogens (tertiary/aromatic N) is 1. The number of aromatic amines is 1. The van der Waals surface area contributed by atoms with Gasteiger partial charge in [0.25, 0.3) is 5.56 Å². The van der Waals surface area contributed by atoms with Gasteiger partial charge >= 0.3 is 5.69 Å². The highest BCUT2D eigenvalue weighted by Crippen LogP contribution is 2.31. The van der Waals surface area contributed by atoms with E-state index in [0.29, 0.717) is 6.61 Å². The van der Waals surface area contributed by atoms with Gasteiger partial charge < -0.3 is 14.6 Å². The van der Waals surface area contributed by atoms with E-state index in [1.165, 1.54) is 11.3 Å². The van der Waals surface area contributed by atoms with Gasteiger partial charge in [0.2, 0.25) is 5.82 Å². The Labute approximate surface area is 147 Å². The second kappa shape index (κ2) is 7.28. The number of aliphatic hydroxyl groups excluding tert-OH is 1. The Hall–Kier alpha value is -1.33. The van der Waals surface area contributed by atoms with Crippen molar-refractivity contribution in [3.05, 3.63) is 53.6 Å². The zero-order valence-corrected chi connectivity index (χ0v) is 14.7. The highest BCUT2D eigenvalue weighted by Gasteiger charge is 2.37. The first kappa shape index (κ1) is 17.5. The van der Waals surface area contributed by atoms with Crippen LogP contribution < -0.4 is 11.2 Å². The molecule has 1 fully saturated rings. The largest absolute Gasteiger partial charge is 0.394 e. The van der Waals surface area contributed by atoms with Crippen LogP contribution in [0.25, 0.3) is 0 Å². The molecular formula is C14H14BrFN2O5S. The number of hydrogen-bond acceptors (Lipinski definition) is 6. The van der Waals surface area contributed by atoms with E-state index in [0.717, 1.165) is 20.1 Å². The van der Waals surface area contributed by atoms with Gasteiger partial charge in [-0.25, -0.2) is 4.79 Å². The number of halogens is 2. The van der Waals surface area contributed by atoms with Gasteiger partial charge in [-0.2, -0.15) is 4.39 Å². The van der Waals surface area contributed by atoms with Crippen LogP contribution in [0.5, 0.6) is 0 Å². The normalized spacial score (nSPS) is 23.7. The molecule has 0 saturated carbocycles. The van der Waals surface area contributed by atoms with E-state index in [9.17, 15) is 19.1 Å². The van der Waals surface area contributed by atoms with Crippen molar-refractivity contribution in [2.45, 2.75) is 31.5 Å². The van der Waals surface area contributed by atoms with E-state index >= 15 is 0 Å². The van der Waals surface area contributed by atoms with Crippen LogP contribution in [0.15, 0.2) is 31.7 Å².